The highest BCUT2D eigenvalue weighted by molar-refractivity contribution is 5.94. The maximum atomic E-state index is 12.4. The smallest absolute Gasteiger partial charge is 0.328 e. The number of rotatable bonds is 4. The first-order valence-electron chi connectivity index (χ1n) is 7.27. The van der Waals surface area contributed by atoms with Crippen molar-refractivity contribution >= 4 is 18.0 Å². The van der Waals surface area contributed by atoms with Gasteiger partial charge in [0.25, 0.3) is 5.91 Å². The van der Waals surface area contributed by atoms with Crippen molar-refractivity contribution in [1.82, 2.24) is 4.90 Å². The van der Waals surface area contributed by atoms with Gasteiger partial charge in [-0.05, 0) is 42.0 Å². The van der Waals surface area contributed by atoms with Crippen LogP contribution in [0.15, 0.2) is 30.3 Å². The zero-order chi connectivity index (χ0) is 15.4. The quantitative estimate of drug-likeness (QED) is 0.866. The molecule has 4 heteroatoms. The average molecular weight is 287 g/mol. The van der Waals surface area contributed by atoms with Gasteiger partial charge >= 0.3 is 5.97 Å². The number of likely N-dealkylation sites (tertiary alicyclic amines) is 1. The van der Waals surface area contributed by atoms with Crippen LogP contribution < -0.4 is 0 Å². The highest BCUT2D eigenvalue weighted by Crippen LogP contribution is 2.25. The molecule has 1 unspecified atom stereocenters. The van der Waals surface area contributed by atoms with Gasteiger partial charge in [-0.1, -0.05) is 26.0 Å². The van der Waals surface area contributed by atoms with E-state index in [9.17, 15) is 9.59 Å². The van der Waals surface area contributed by atoms with E-state index in [1.807, 2.05) is 4.90 Å². The van der Waals surface area contributed by atoms with Gasteiger partial charge in [0, 0.05) is 24.7 Å². The number of carboxylic acids is 1. The van der Waals surface area contributed by atoms with Crippen molar-refractivity contribution < 1.29 is 14.7 Å². The normalized spacial score (nSPS) is 18.6. The number of nitrogens with zero attached hydrogens (tertiary/aromatic N) is 1. The Balaban J connectivity index is 2.02. The van der Waals surface area contributed by atoms with Gasteiger partial charge in [0.15, 0.2) is 0 Å². The Labute approximate surface area is 125 Å². The molecule has 112 valence electrons. The standard InChI is InChI=1S/C17H21NO3/c1-12(2)15-9-10-18(11-15)17(21)14-6-3-13(4-7-14)5-8-16(19)20/h3-8,12,15H,9-11H2,1-2H3,(H,19,20)/b8-5+. The first-order valence-corrected chi connectivity index (χ1v) is 7.27. The fourth-order valence-electron chi connectivity index (χ4n) is 2.60. The van der Waals surface area contributed by atoms with E-state index < -0.39 is 5.97 Å². The van der Waals surface area contributed by atoms with E-state index in [0.717, 1.165) is 31.1 Å². The molecule has 1 N–H and O–H groups in total. The summed E-state index contributed by atoms with van der Waals surface area (Å²) in [7, 11) is 0. The van der Waals surface area contributed by atoms with Gasteiger partial charge in [-0.15, -0.1) is 0 Å². The van der Waals surface area contributed by atoms with Crippen LogP contribution in [0, 0.1) is 11.8 Å². The molecule has 0 bridgehead atoms. The van der Waals surface area contributed by atoms with Crippen LogP contribution in [0.3, 0.4) is 0 Å². The lowest BCUT2D eigenvalue weighted by atomic mass is 9.95. The maximum Gasteiger partial charge on any atom is 0.328 e. The monoisotopic (exact) mass is 287 g/mol. The van der Waals surface area contributed by atoms with E-state index in [-0.39, 0.29) is 5.91 Å². The second-order valence-electron chi connectivity index (χ2n) is 5.84. The largest absolute Gasteiger partial charge is 0.478 e. The second-order valence-corrected chi connectivity index (χ2v) is 5.84. The van der Waals surface area contributed by atoms with Gasteiger partial charge < -0.3 is 10.0 Å². The van der Waals surface area contributed by atoms with Gasteiger partial charge in [0.05, 0.1) is 0 Å². The lowest BCUT2D eigenvalue weighted by molar-refractivity contribution is -0.131. The summed E-state index contributed by atoms with van der Waals surface area (Å²) < 4.78 is 0. The third-order valence-electron chi connectivity index (χ3n) is 4.03. The molecule has 0 aliphatic carbocycles. The molecule has 21 heavy (non-hydrogen) atoms. The average Bonchev–Trinajstić information content (AvgIpc) is 2.95. The van der Waals surface area contributed by atoms with Crippen molar-refractivity contribution in [2.24, 2.45) is 11.8 Å². The zero-order valence-electron chi connectivity index (χ0n) is 12.5. The molecule has 1 heterocycles. The Morgan fingerprint density at radius 2 is 1.95 bits per heavy atom. The minimum atomic E-state index is -0.980. The fraction of sp³-hybridized carbons (Fsp3) is 0.412. The number of hydrogen-bond acceptors (Lipinski definition) is 2. The van der Waals surface area contributed by atoms with Crippen LogP contribution in [-0.2, 0) is 4.79 Å². The van der Waals surface area contributed by atoms with Gasteiger partial charge in [-0.25, -0.2) is 4.79 Å². The van der Waals surface area contributed by atoms with Crippen molar-refractivity contribution in [3.05, 3.63) is 41.5 Å². The molecule has 1 aliphatic heterocycles. The molecule has 0 saturated carbocycles. The molecule has 2 rings (SSSR count). The molecule has 0 radical (unpaired) electrons. The summed E-state index contributed by atoms with van der Waals surface area (Å²) in [4.78, 5) is 24.8. The number of carbonyl (C=O) groups is 2. The first-order chi connectivity index (χ1) is 9.97. The Hall–Kier alpha value is -2.10. The zero-order valence-corrected chi connectivity index (χ0v) is 12.5. The van der Waals surface area contributed by atoms with E-state index in [0.29, 0.717) is 17.4 Å². The van der Waals surface area contributed by atoms with Gasteiger partial charge in [-0.3, -0.25) is 4.79 Å². The van der Waals surface area contributed by atoms with Gasteiger partial charge in [0.1, 0.15) is 0 Å². The molecule has 1 aromatic carbocycles. The van der Waals surface area contributed by atoms with Crippen LogP contribution in [0.2, 0.25) is 0 Å². The number of hydrogen-bond donors (Lipinski definition) is 1. The summed E-state index contributed by atoms with van der Waals surface area (Å²) in [5.41, 5.74) is 1.43. The summed E-state index contributed by atoms with van der Waals surface area (Å²) in [5, 5.41) is 8.58. The van der Waals surface area contributed by atoms with Gasteiger partial charge in [-0.2, -0.15) is 0 Å². The predicted molar refractivity (Wildman–Crippen MR) is 82.0 cm³/mol. The first kappa shape index (κ1) is 15.3. The second kappa shape index (κ2) is 6.57. The van der Waals surface area contributed by atoms with Crippen molar-refractivity contribution in [2.45, 2.75) is 20.3 Å². The maximum absolute atomic E-state index is 12.4. The summed E-state index contributed by atoms with van der Waals surface area (Å²) >= 11 is 0. The van der Waals surface area contributed by atoms with Gasteiger partial charge in [0.2, 0.25) is 0 Å². The molecular weight excluding hydrogens is 266 g/mol. The number of carboxylic acid groups (broad SMARTS) is 1. The highest BCUT2D eigenvalue weighted by Gasteiger charge is 2.28. The minimum absolute atomic E-state index is 0.0620. The Bertz CT molecular complexity index is 546. The van der Waals surface area contributed by atoms with E-state index >= 15 is 0 Å². The summed E-state index contributed by atoms with van der Waals surface area (Å²) in [6.45, 7) is 6.05. The van der Waals surface area contributed by atoms with Crippen molar-refractivity contribution in [1.29, 1.82) is 0 Å². The third kappa shape index (κ3) is 3.94. The van der Waals surface area contributed by atoms with E-state index in [1.165, 1.54) is 6.08 Å². The highest BCUT2D eigenvalue weighted by atomic mass is 16.4. The van der Waals surface area contributed by atoms with Crippen LogP contribution in [0.1, 0.15) is 36.2 Å². The molecule has 1 amide bonds. The van der Waals surface area contributed by atoms with Crippen molar-refractivity contribution in [2.75, 3.05) is 13.1 Å². The lowest BCUT2D eigenvalue weighted by Crippen LogP contribution is -2.29. The van der Waals surface area contributed by atoms with E-state index in [2.05, 4.69) is 13.8 Å². The fourth-order valence-corrected chi connectivity index (χ4v) is 2.60. The number of carbonyl (C=O) groups excluding carboxylic acids is 1. The number of amides is 1. The van der Waals surface area contributed by atoms with Crippen molar-refractivity contribution in [3.8, 4) is 0 Å². The molecule has 0 spiro atoms. The van der Waals surface area contributed by atoms with Crippen LogP contribution in [0.5, 0.6) is 0 Å². The molecule has 1 aliphatic rings. The molecular formula is C17H21NO3. The molecule has 1 saturated heterocycles. The summed E-state index contributed by atoms with van der Waals surface area (Å²) in [6, 6.07) is 7.05. The SMILES string of the molecule is CC(C)C1CCN(C(=O)c2ccc(/C=C/C(=O)O)cc2)C1. The lowest BCUT2D eigenvalue weighted by Gasteiger charge is -2.18. The van der Waals surface area contributed by atoms with Crippen LogP contribution in [0.25, 0.3) is 6.08 Å². The van der Waals surface area contributed by atoms with Crippen LogP contribution in [-0.4, -0.2) is 35.0 Å². The Morgan fingerprint density at radius 3 is 2.48 bits per heavy atom. The molecule has 0 aromatic heterocycles. The number of aliphatic carboxylic acids is 1. The molecule has 1 aromatic rings. The van der Waals surface area contributed by atoms with Crippen molar-refractivity contribution in [3.63, 3.8) is 0 Å². The van der Waals surface area contributed by atoms with E-state index in [4.69, 9.17) is 5.11 Å². The van der Waals surface area contributed by atoms with Crippen LogP contribution in [0.4, 0.5) is 0 Å². The Morgan fingerprint density at radius 1 is 1.29 bits per heavy atom. The predicted octanol–water partition coefficient (Wildman–Crippen LogP) is 2.90. The van der Waals surface area contributed by atoms with E-state index in [1.54, 1.807) is 24.3 Å². The number of benzene rings is 1. The minimum Gasteiger partial charge on any atom is -0.478 e. The summed E-state index contributed by atoms with van der Waals surface area (Å²) in [5.74, 6) is 0.275. The topological polar surface area (TPSA) is 57.6 Å². The molecule has 4 nitrogen and oxygen atoms in total. The summed E-state index contributed by atoms with van der Waals surface area (Å²) in [6.07, 6.45) is 3.68. The third-order valence-corrected chi connectivity index (χ3v) is 4.03. The molecule has 1 fully saturated rings. The Kier molecular flexibility index (Phi) is 4.78. The van der Waals surface area contributed by atoms with Crippen LogP contribution >= 0.6 is 0 Å². The molecule has 1 atom stereocenters.